The van der Waals surface area contributed by atoms with E-state index in [9.17, 15) is 4.39 Å². The highest BCUT2D eigenvalue weighted by molar-refractivity contribution is 5.66. The van der Waals surface area contributed by atoms with E-state index in [1.807, 2.05) is 6.20 Å². The fraction of sp³-hybridized carbons (Fsp3) is 0.154. The van der Waals surface area contributed by atoms with Crippen molar-refractivity contribution in [2.24, 2.45) is 0 Å². The Labute approximate surface area is 93.1 Å². The highest BCUT2D eigenvalue weighted by atomic mass is 19.1. The predicted molar refractivity (Wildman–Crippen MR) is 61.8 cm³/mol. The summed E-state index contributed by atoms with van der Waals surface area (Å²) >= 11 is 0. The number of hydrogen-bond acceptors (Lipinski definition) is 2. The van der Waals surface area contributed by atoms with Crippen LogP contribution in [0.25, 0.3) is 11.1 Å². The fourth-order valence-corrected chi connectivity index (χ4v) is 1.98. The molecular weight excluding hydrogens is 203 g/mol. The zero-order valence-electron chi connectivity index (χ0n) is 8.70. The standard InChI is InChI=1S/C13H11FN2/c14-12-3-1-9(2-4-12)11-7-10-5-6-15-13(10)16-8-11/h1-4,7-8H,5-6H2,(H,15,16). The maximum absolute atomic E-state index is 12.8. The molecule has 3 rings (SSSR count). The number of benzene rings is 1. The molecule has 0 saturated heterocycles. The van der Waals surface area contributed by atoms with Crippen molar-refractivity contribution < 1.29 is 4.39 Å². The summed E-state index contributed by atoms with van der Waals surface area (Å²) in [5, 5.41) is 3.22. The minimum Gasteiger partial charge on any atom is -0.370 e. The molecule has 1 aliphatic heterocycles. The van der Waals surface area contributed by atoms with Crippen LogP contribution in [-0.4, -0.2) is 11.5 Å². The molecule has 0 atom stereocenters. The fourth-order valence-electron chi connectivity index (χ4n) is 1.98. The van der Waals surface area contributed by atoms with Gasteiger partial charge in [0.2, 0.25) is 0 Å². The first-order valence-electron chi connectivity index (χ1n) is 5.32. The van der Waals surface area contributed by atoms with Gasteiger partial charge in [-0.1, -0.05) is 12.1 Å². The van der Waals surface area contributed by atoms with E-state index in [1.54, 1.807) is 12.1 Å². The van der Waals surface area contributed by atoms with Crippen LogP contribution in [0.1, 0.15) is 5.56 Å². The molecule has 0 spiro atoms. The van der Waals surface area contributed by atoms with Crippen molar-refractivity contribution in [1.82, 2.24) is 4.98 Å². The van der Waals surface area contributed by atoms with Gasteiger partial charge in [0.25, 0.3) is 0 Å². The van der Waals surface area contributed by atoms with E-state index in [0.29, 0.717) is 0 Å². The first kappa shape index (κ1) is 9.33. The van der Waals surface area contributed by atoms with E-state index in [0.717, 1.165) is 29.9 Å². The molecule has 0 unspecified atom stereocenters. The monoisotopic (exact) mass is 214 g/mol. The van der Waals surface area contributed by atoms with Crippen LogP contribution >= 0.6 is 0 Å². The number of fused-ring (bicyclic) bond motifs is 1. The minimum atomic E-state index is -0.209. The normalized spacial score (nSPS) is 13.3. The lowest BCUT2D eigenvalue weighted by Gasteiger charge is -2.04. The average molecular weight is 214 g/mol. The quantitative estimate of drug-likeness (QED) is 0.789. The maximum atomic E-state index is 12.8. The lowest BCUT2D eigenvalue weighted by atomic mass is 10.1. The SMILES string of the molecule is Fc1ccc(-c2cnc3c(c2)CCN3)cc1. The molecule has 1 N–H and O–H groups in total. The van der Waals surface area contributed by atoms with Gasteiger partial charge in [-0.25, -0.2) is 9.37 Å². The Balaban J connectivity index is 2.03. The Kier molecular flexibility index (Phi) is 2.10. The number of halogens is 1. The molecule has 2 nitrogen and oxygen atoms in total. The van der Waals surface area contributed by atoms with Crippen LogP contribution in [0.15, 0.2) is 36.5 Å². The van der Waals surface area contributed by atoms with Crippen molar-refractivity contribution in [1.29, 1.82) is 0 Å². The Bertz CT molecular complexity index is 520. The molecule has 2 aromatic rings. The Morgan fingerprint density at radius 2 is 1.94 bits per heavy atom. The summed E-state index contributed by atoms with van der Waals surface area (Å²) < 4.78 is 12.8. The van der Waals surface area contributed by atoms with E-state index in [4.69, 9.17) is 0 Å². The summed E-state index contributed by atoms with van der Waals surface area (Å²) in [6.07, 6.45) is 2.84. The van der Waals surface area contributed by atoms with Gasteiger partial charge in [0.05, 0.1) is 0 Å². The second kappa shape index (κ2) is 3.59. The molecule has 80 valence electrons. The van der Waals surface area contributed by atoms with Crippen LogP contribution in [-0.2, 0) is 6.42 Å². The van der Waals surface area contributed by atoms with Crippen LogP contribution in [0.3, 0.4) is 0 Å². The number of nitrogens with zero attached hydrogens (tertiary/aromatic N) is 1. The van der Waals surface area contributed by atoms with Gasteiger partial charge < -0.3 is 5.32 Å². The van der Waals surface area contributed by atoms with E-state index in [2.05, 4.69) is 16.4 Å². The lowest BCUT2D eigenvalue weighted by Crippen LogP contribution is -1.92. The van der Waals surface area contributed by atoms with Crippen LogP contribution in [0.4, 0.5) is 10.2 Å². The highest BCUT2D eigenvalue weighted by Gasteiger charge is 2.11. The zero-order valence-corrected chi connectivity index (χ0v) is 8.70. The third kappa shape index (κ3) is 1.54. The van der Waals surface area contributed by atoms with Gasteiger partial charge >= 0.3 is 0 Å². The molecular formula is C13H11FN2. The molecule has 0 aliphatic carbocycles. The zero-order chi connectivity index (χ0) is 11.0. The van der Waals surface area contributed by atoms with Crippen LogP contribution in [0.5, 0.6) is 0 Å². The lowest BCUT2D eigenvalue weighted by molar-refractivity contribution is 0.628. The van der Waals surface area contributed by atoms with Crippen LogP contribution in [0, 0.1) is 5.82 Å². The number of anilines is 1. The van der Waals surface area contributed by atoms with Crippen LogP contribution in [0.2, 0.25) is 0 Å². The molecule has 1 aromatic heterocycles. The van der Waals surface area contributed by atoms with Crippen molar-refractivity contribution in [3.63, 3.8) is 0 Å². The summed E-state index contributed by atoms with van der Waals surface area (Å²) in [5.74, 6) is 0.769. The molecule has 0 fully saturated rings. The molecule has 1 aromatic carbocycles. The van der Waals surface area contributed by atoms with Crippen molar-refractivity contribution in [2.45, 2.75) is 6.42 Å². The second-order valence-electron chi connectivity index (χ2n) is 3.92. The first-order chi connectivity index (χ1) is 7.83. The predicted octanol–water partition coefficient (Wildman–Crippen LogP) is 2.86. The topological polar surface area (TPSA) is 24.9 Å². The summed E-state index contributed by atoms with van der Waals surface area (Å²) in [5.41, 5.74) is 3.29. The van der Waals surface area contributed by atoms with E-state index >= 15 is 0 Å². The smallest absolute Gasteiger partial charge is 0.129 e. The van der Waals surface area contributed by atoms with Crippen molar-refractivity contribution in [3.05, 3.63) is 47.9 Å². The maximum Gasteiger partial charge on any atom is 0.129 e. The summed E-state index contributed by atoms with van der Waals surface area (Å²) in [6.45, 7) is 0.954. The van der Waals surface area contributed by atoms with Gasteiger partial charge in [-0.3, -0.25) is 0 Å². The van der Waals surface area contributed by atoms with E-state index < -0.39 is 0 Å². The van der Waals surface area contributed by atoms with Gasteiger partial charge in [-0.2, -0.15) is 0 Å². The van der Waals surface area contributed by atoms with Gasteiger partial charge in [0, 0.05) is 18.3 Å². The van der Waals surface area contributed by atoms with Gasteiger partial charge in [0.1, 0.15) is 11.6 Å². The number of pyridine rings is 1. The van der Waals surface area contributed by atoms with E-state index in [1.165, 1.54) is 17.7 Å². The van der Waals surface area contributed by atoms with Gasteiger partial charge in [-0.15, -0.1) is 0 Å². The average Bonchev–Trinajstić information content (AvgIpc) is 2.77. The van der Waals surface area contributed by atoms with Crippen LogP contribution < -0.4 is 5.32 Å². The van der Waals surface area contributed by atoms with E-state index in [-0.39, 0.29) is 5.82 Å². The van der Waals surface area contributed by atoms with Crippen molar-refractivity contribution >= 4 is 5.82 Å². The summed E-state index contributed by atoms with van der Waals surface area (Å²) in [4.78, 5) is 4.35. The molecule has 0 bridgehead atoms. The van der Waals surface area contributed by atoms with Gasteiger partial charge in [-0.05, 0) is 35.7 Å². The Hall–Kier alpha value is -1.90. The summed E-state index contributed by atoms with van der Waals surface area (Å²) in [6, 6.07) is 8.62. The third-order valence-corrected chi connectivity index (χ3v) is 2.83. The number of rotatable bonds is 1. The molecule has 2 heterocycles. The van der Waals surface area contributed by atoms with Crippen molar-refractivity contribution in [3.8, 4) is 11.1 Å². The third-order valence-electron chi connectivity index (χ3n) is 2.83. The molecule has 0 radical (unpaired) electrons. The summed E-state index contributed by atoms with van der Waals surface area (Å²) in [7, 11) is 0. The molecule has 3 heteroatoms. The van der Waals surface area contributed by atoms with Gasteiger partial charge in [0.15, 0.2) is 0 Å². The second-order valence-corrected chi connectivity index (χ2v) is 3.92. The first-order valence-corrected chi connectivity index (χ1v) is 5.32. The van der Waals surface area contributed by atoms with Crippen molar-refractivity contribution in [2.75, 3.05) is 11.9 Å². The largest absolute Gasteiger partial charge is 0.370 e. The molecule has 16 heavy (non-hydrogen) atoms. The molecule has 0 saturated carbocycles. The highest BCUT2D eigenvalue weighted by Crippen LogP contribution is 2.26. The number of hydrogen-bond donors (Lipinski definition) is 1. The number of aromatic nitrogens is 1. The Morgan fingerprint density at radius 1 is 1.12 bits per heavy atom. The minimum absolute atomic E-state index is 0.209. The Morgan fingerprint density at radius 3 is 2.75 bits per heavy atom. The molecule has 0 amide bonds. The number of nitrogens with one attached hydrogen (secondary N) is 1. The molecule has 1 aliphatic rings.